The van der Waals surface area contributed by atoms with Gasteiger partial charge in [-0.25, -0.2) is 0 Å². The second-order valence-electron chi connectivity index (χ2n) is 9.29. The van der Waals surface area contributed by atoms with Crippen LogP contribution in [0.5, 0.6) is 17.2 Å². The molecular formula is C34H35NO6. The SMILES string of the molecule is CCOC(=O)CCCNC(=O)c1cc(OCc2ccccc2)c(OCc2ccccc2)c(OCc2ccccc2)c1. The van der Waals surface area contributed by atoms with Gasteiger partial charge in [-0.3, -0.25) is 9.59 Å². The van der Waals surface area contributed by atoms with Crippen molar-refractivity contribution >= 4 is 11.9 Å². The minimum absolute atomic E-state index is 0.233. The van der Waals surface area contributed by atoms with Gasteiger partial charge in [-0.15, -0.1) is 0 Å². The zero-order chi connectivity index (χ0) is 28.7. The minimum Gasteiger partial charge on any atom is -0.485 e. The van der Waals surface area contributed by atoms with Crippen molar-refractivity contribution in [2.45, 2.75) is 39.6 Å². The highest BCUT2D eigenvalue weighted by Crippen LogP contribution is 2.40. The van der Waals surface area contributed by atoms with Gasteiger partial charge in [0.2, 0.25) is 5.75 Å². The molecular weight excluding hydrogens is 518 g/mol. The highest BCUT2D eigenvalue weighted by atomic mass is 16.5. The molecule has 1 amide bonds. The van der Waals surface area contributed by atoms with Crippen LogP contribution in [0.25, 0.3) is 0 Å². The van der Waals surface area contributed by atoms with Crippen LogP contribution in [-0.4, -0.2) is 25.0 Å². The van der Waals surface area contributed by atoms with E-state index in [0.29, 0.717) is 49.0 Å². The van der Waals surface area contributed by atoms with Gasteiger partial charge < -0.3 is 24.3 Å². The molecule has 4 rings (SSSR count). The van der Waals surface area contributed by atoms with Gasteiger partial charge in [0.15, 0.2) is 11.5 Å². The van der Waals surface area contributed by atoms with E-state index in [1.54, 1.807) is 19.1 Å². The number of ether oxygens (including phenoxy) is 4. The number of carbonyl (C=O) groups is 2. The van der Waals surface area contributed by atoms with Crippen molar-refractivity contribution in [1.29, 1.82) is 0 Å². The molecule has 0 aromatic heterocycles. The topological polar surface area (TPSA) is 83.1 Å². The van der Waals surface area contributed by atoms with Crippen LogP contribution in [-0.2, 0) is 29.4 Å². The summed E-state index contributed by atoms with van der Waals surface area (Å²) in [5, 5.41) is 2.88. The summed E-state index contributed by atoms with van der Waals surface area (Å²) in [6, 6.07) is 32.7. The van der Waals surface area contributed by atoms with Gasteiger partial charge in [-0.2, -0.15) is 0 Å². The number of rotatable bonds is 15. The van der Waals surface area contributed by atoms with E-state index in [1.165, 1.54) is 0 Å². The predicted octanol–water partition coefficient (Wildman–Crippen LogP) is 6.50. The Kier molecular flexibility index (Phi) is 11.2. The highest BCUT2D eigenvalue weighted by Gasteiger charge is 2.20. The maximum atomic E-state index is 13.2. The number of nitrogens with one attached hydrogen (secondary N) is 1. The first-order valence-electron chi connectivity index (χ1n) is 13.7. The Morgan fingerprint density at radius 1 is 0.659 bits per heavy atom. The molecule has 0 saturated carbocycles. The lowest BCUT2D eigenvalue weighted by molar-refractivity contribution is -0.143. The monoisotopic (exact) mass is 553 g/mol. The van der Waals surface area contributed by atoms with Crippen LogP contribution in [0.1, 0.15) is 46.8 Å². The molecule has 7 heteroatoms. The quantitative estimate of drug-likeness (QED) is 0.134. The Bertz CT molecular complexity index is 1310. The maximum absolute atomic E-state index is 13.2. The third-order valence-corrected chi connectivity index (χ3v) is 6.13. The average molecular weight is 554 g/mol. The molecule has 0 fully saturated rings. The fourth-order valence-electron chi connectivity index (χ4n) is 4.03. The molecule has 0 unspecified atom stereocenters. The molecule has 0 saturated heterocycles. The first-order chi connectivity index (χ1) is 20.1. The lowest BCUT2D eigenvalue weighted by atomic mass is 10.1. The summed E-state index contributed by atoms with van der Waals surface area (Å²) in [6.45, 7) is 3.29. The van der Waals surface area contributed by atoms with Crippen LogP contribution in [0.15, 0.2) is 103 Å². The molecule has 0 aliphatic heterocycles. The van der Waals surface area contributed by atoms with Crippen molar-refractivity contribution < 1.29 is 28.5 Å². The molecule has 1 N–H and O–H groups in total. The fourth-order valence-corrected chi connectivity index (χ4v) is 4.03. The van der Waals surface area contributed by atoms with Crippen molar-refractivity contribution in [3.05, 3.63) is 125 Å². The molecule has 0 heterocycles. The standard InChI is InChI=1S/C34H35NO6/c1-2-38-32(36)19-12-20-35-34(37)29-21-30(39-23-26-13-6-3-7-14-26)33(41-25-28-17-10-5-11-18-28)31(22-29)40-24-27-15-8-4-9-16-27/h3-11,13-18,21-22H,2,12,19-20,23-25H2,1H3,(H,35,37). The minimum atomic E-state index is -0.308. The van der Waals surface area contributed by atoms with Gasteiger partial charge in [0.25, 0.3) is 5.91 Å². The van der Waals surface area contributed by atoms with Crippen LogP contribution < -0.4 is 19.5 Å². The van der Waals surface area contributed by atoms with E-state index < -0.39 is 0 Å². The summed E-state index contributed by atoms with van der Waals surface area (Å²) in [5.41, 5.74) is 3.29. The normalized spacial score (nSPS) is 10.5. The van der Waals surface area contributed by atoms with Gasteiger partial charge in [0.05, 0.1) is 6.61 Å². The average Bonchev–Trinajstić information content (AvgIpc) is 3.01. The molecule has 0 aliphatic carbocycles. The Hall–Kier alpha value is -4.78. The molecule has 0 bridgehead atoms. The predicted molar refractivity (Wildman–Crippen MR) is 157 cm³/mol. The van der Waals surface area contributed by atoms with Crippen molar-refractivity contribution in [1.82, 2.24) is 5.32 Å². The first kappa shape index (κ1) is 29.2. The third-order valence-electron chi connectivity index (χ3n) is 6.13. The molecule has 7 nitrogen and oxygen atoms in total. The Morgan fingerprint density at radius 3 is 1.59 bits per heavy atom. The number of amides is 1. The fraction of sp³-hybridized carbons (Fsp3) is 0.235. The van der Waals surface area contributed by atoms with Crippen LogP contribution in [0.3, 0.4) is 0 Å². The summed E-state index contributed by atoms with van der Waals surface area (Å²) in [4.78, 5) is 24.8. The summed E-state index contributed by atoms with van der Waals surface area (Å²) in [5.74, 6) is 0.617. The zero-order valence-corrected chi connectivity index (χ0v) is 23.2. The summed E-state index contributed by atoms with van der Waals surface area (Å²) >= 11 is 0. The number of esters is 1. The first-order valence-corrected chi connectivity index (χ1v) is 13.7. The van der Waals surface area contributed by atoms with E-state index in [2.05, 4.69) is 5.32 Å². The maximum Gasteiger partial charge on any atom is 0.305 e. The largest absolute Gasteiger partial charge is 0.485 e. The van der Waals surface area contributed by atoms with Crippen LogP contribution in [0.4, 0.5) is 0 Å². The lowest BCUT2D eigenvalue weighted by Gasteiger charge is -2.19. The van der Waals surface area contributed by atoms with E-state index >= 15 is 0 Å². The highest BCUT2D eigenvalue weighted by molar-refractivity contribution is 5.95. The Labute approximate surface area is 241 Å². The zero-order valence-electron chi connectivity index (χ0n) is 23.2. The van der Waals surface area contributed by atoms with E-state index in [4.69, 9.17) is 18.9 Å². The van der Waals surface area contributed by atoms with Crippen LogP contribution in [0.2, 0.25) is 0 Å². The van der Waals surface area contributed by atoms with E-state index in [1.807, 2.05) is 91.0 Å². The lowest BCUT2D eigenvalue weighted by Crippen LogP contribution is -2.25. The molecule has 0 radical (unpaired) electrons. The van der Waals surface area contributed by atoms with Crippen molar-refractivity contribution in [2.24, 2.45) is 0 Å². The van der Waals surface area contributed by atoms with Crippen LogP contribution >= 0.6 is 0 Å². The van der Waals surface area contributed by atoms with Gasteiger partial charge in [-0.1, -0.05) is 91.0 Å². The van der Waals surface area contributed by atoms with Gasteiger partial charge in [0.1, 0.15) is 19.8 Å². The van der Waals surface area contributed by atoms with E-state index in [9.17, 15) is 9.59 Å². The second-order valence-corrected chi connectivity index (χ2v) is 9.29. The number of benzene rings is 4. The van der Waals surface area contributed by atoms with Crippen LogP contribution in [0, 0.1) is 0 Å². The summed E-state index contributed by atoms with van der Waals surface area (Å²) in [6.07, 6.45) is 0.703. The number of hydrogen-bond acceptors (Lipinski definition) is 6. The van der Waals surface area contributed by atoms with Gasteiger partial charge in [-0.05, 0) is 42.2 Å². The number of hydrogen-bond donors (Lipinski definition) is 1. The molecule has 0 aliphatic rings. The molecule has 4 aromatic carbocycles. The van der Waals surface area contributed by atoms with Crippen molar-refractivity contribution in [2.75, 3.05) is 13.2 Å². The third kappa shape index (κ3) is 9.42. The second kappa shape index (κ2) is 15.7. The van der Waals surface area contributed by atoms with Crippen molar-refractivity contribution in [3.8, 4) is 17.2 Å². The summed E-state index contributed by atoms with van der Waals surface area (Å²) < 4.78 is 23.7. The van der Waals surface area contributed by atoms with E-state index in [0.717, 1.165) is 16.7 Å². The molecule has 0 atom stereocenters. The Balaban J connectivity index is 1.60. The van der Waals surface area contributed by atoms with Gasteiger partial charge in [0, 0.05) is 18.5 Å². The molecule has 212 valence electrons. The Morgan fingerprint density at radius 2 is 1.12 bits per heavy atom. The molecule has 41 heavy (non-hydrogen) atoms. The number of carbonyl (C=O) groups excluding carboxylic acids is 2. The van der Waals surface area contributed by atoms with Gasteiger partial charge >= 0.3 is 5.97 Å². The molecule has 0 spiro atoms. The summed E-state index contributed by atoms with van der Waals surface area (Å²) in [7, 11) is 0. The van der Waals surface area contributed by atoms with E-state index in [-0.39, 0.29) is 31.5 Å². The smallest absolute Gasteiger partial charge is 0.305 e. The van der Waals surface area contributed by atoms with Crippen molar-refractivity contribution in [3.63, 3.8) is 0 Å². The molecule has 4 aromatic rings.